The van der Waals surface area contributed by atoms with Crippen LogP contribution in [0.1, 0.15) is 0 Å². The van der Waals surface area contributed by atoms with Crippen molar-refractivity contribution in [1.82, 2.24) is 0 Å². The van der Waals surface area contributed by atoms with E-state index < -0.39 is 0 Å². The Hall–Kier alpha value is -5.28. The number of hydrogen-bond acceptors (Lipinski definition) is 3. The molecule has 0 N–H and O–H groups in total. The molecule has 4 aromatic rings. The molecule has 4 rings (SSSR count). The van der Waals surface area contributed by atoms with Gasteiger partial charge in [0.15, 0.2) is 0 Å². The fourth-order valence-corrected chi connectivity index (χ4v) is 5.51. The summed E-state index contributed by atoms with van der Waals surface area (Å²) in [6, 6.07) is 33.2. The molecule has 0 amide bonds. The summed E-state index contributed by atoms with van der Waals surface area (Å²) in [6.45, 7) is 28.1. The Morgan fingerprint density at radius 1 is 0.311 bits per heavy atom. The van der Waals surface area contributed by atoms with Gasteiger partial charge in [-0.15, -0.1) is 39.5 Å². The van der Waals surface area contributed by atoms with Gasteiger partial charge < -0.3 is 14.7 Å². The third-order valence-corrected chi connectivity index (χ3v) is 7.73. The molecule has 3 nitrogen and oxygen atoms in total. The summed E-state index contributed by atoms with van der Waals surface area (Å²) in [5.74, 6) is 0. The molecule has 0 aliphatic carbocycles. The first-order chi connectivity index (χ1) is 22.0. The Kier molecular flexibility index (Phi) is 12.0. The SMILES string of the molecule is C=CCN(CC=C)c1ccc(-c2cc(-c3ccc(N(CC=C)CC=C)cc3)cc(-c3ccc(N(CC=C)CC=C)cc3)c2)cc1. The van der Waals surface area contributed by atoms with Crippen molar-refractivity contribution in [3.05, 3.63) is 167 Å². The maximum Gasteiger partial charge on any atom is 0.0372 e. The van der Waals surface area contributed by atoms with Crippen LogP contribution in [0.25, 0.3) is 33.4 Å². The van der Waals surface area contributed by atoms with E-state index >= 15 is 0 Å². The van der Waals surface area contributed by atoms with Crippen LogP contribution in [0.3, 0.4) is 0 Å². The third-order valence-electron chi connectivity index (χ3n) is 7.73. The quantitative estimate of drug-likeness (QED) is 0.107. The largest absolute Gasteiger partial charge is 0.364 e. The minimum absolute atomic E-state index is 0.769. The number of rotatable bonds is 18. The molecule has 0 spiro atoms. The van der Waals surface area contributed by atoms with E-state index in [2.05, 4.69) is 145 Å². The van der Waals surface area contributed by atoms with Gasteiger partial charge in [-0.2, -0.15) is 0 Å². The highest BCUT2D eigenvalue weighted by molar-refractivity contribution is 5.82. The second-order valence-electron chi connectivity index (χ2n) is 10.9. The van der Waals surface area contributed by atoms with Gasteiger partial charge in [0.2, 0.25) is 0 Å². The van der Waals surface area contributed by atoms with E-state index in [1.54, 1.807) is 0 Å². The van der Waals surface area contributed by atoms with Gasteiger partial charge in [-0.05, 0) is 88.0 Å². The summed E-state index contributed by atoms with van der Waals surface area (Å²) in [4.78, 5) is 6.75. The lowest BCUT2D eigenvalue weighted by molar-refractivity contribution is 0.957. The first-order valence-corrected chi connectivity index (χ1v) is 15.4. The Morgan fingerprint density at radius 3 is 0.689 bits per heavy atom. The van der Waals surface area contributed by atoms with Crippen molar-refractivity contribution in [2.45, 2.75) is 0 Å². The van der Waals surface area contributed by atoms with Gasteiger partial charge in [0, 0.05) is 56.3 Å². The predicted molar refractivity (Wildman–Crippen MR) is 201 cm³/mol. The topological polar surface area (TPSA) is 9.72 Å². The van der Waals surface area contributed by atoms with Gasteiger partial charge in [-0.1, -0.05) is 72.9 Å². The van der Waals surface area contributed by atoms with Crippen LogP contribution in [0.2, 0.25) is 0 Å². The van der Waals surface area contributed by atoms with Crippen LogP contribution in [0.5, 0.6) is 0 Å². The highest BCUT2D eigenvalue weighted by atomic mass is 15.1. The molecule has 0 saturated heterocycles. The zero-order valence-electron chi connectivity index (χ0n) is 26.5. The molecule has 0 saturated carbocycles. The zero-order valence-corrected chi connectivity index (χ0v) is 26.5. The van der Waals surface area contributed by atoms with E-state index in [9.17, 15) is 0 Å². The first-order valence-electron chi connectivity index (χ1n) is 15.4. The van der Waals surface area contributed by atoms with Crippen LogP contribution in [-0.4, -0.2) is 39.3 Å². The molecule has 0 heterocycles. The van der Waals surface area contributed by atoms with Crippen molar-refractivity contribution in [3.8, 4) is 33.4 Å². The molecule has 0 atom stereocenters. The predicted octanol–water partition coefficient (Wildman–Crippen LogP) is 10.2. The monoisotopic (exact) mass is 591 g/mol. The molecule has 0 fully saturated rings. The smallest absolute Gasteiger partial charge is 0.0372 e. The van der Waals surface area contributed by atoms with Crippen LogP contribution >= 0.6 is 0 Å². The molecule has 4 aromatic carbocycles. The zero-order chi connectivity index (χ0) is 32.0. The number of benzene rings is 4. The van der Waals surface area contributed by atoms with Gasteiger partial charge in [-0.3, -0.25) is 0 Å². The molecular weight excluding hydrogens is 546 g/mol. The Balaban J connectivity index is 1.76. The summed E-state index contributed by atoms with van der Waals surface area (Å²) < 4.78 is 0. The number of hydrogen-bond donors (Lipinski definition) is 0. The first kappa shape index (κ1) is 32.6. The standard InChI is InChI=1S/C42H45N3/c1-7-25-43(26-8-2)40-19-13-34(14-20-40)37-31-38(35-15-21-41(22-16-35)44(27-9-3)28-10-4)33-39(32-37)36-17-23-42(24-18-36)45(29-11-5)30-12-6/h7-24,31-33H,1-6,25-30H2. The van der Waals surface area contributed by atoms with E-state index in [0.29, 0.717) is 0 Å². The lowest BCUT2D eigenvalue weighted by Crippen LogP contribution is -2.22. The van der Waals surface area contributed by atoms with Crippen LogP contribution in [0.4, 0.5) is 17.1 Å². The lowest BCUT2D eigenvalue weighted by atomic mass is 9.93. The molecule has 0 unspecified atom stereocenters. The highest BCUT2D eigenvalue weighted by Gasteiger charge is 2.11. The van der Waals surface area contributed by atoms with Crippen LogP contribution in [0.15, 0.2) is 167 Å². The Labute approximate surface area is 270 Å². The van der Waals surface area contributed by atoms with Crippen molar-refractivity contribution in [2.24, 2.45) is 0 Å². The van der Waals surface area contributed by atoms with E-state index in [0.717, 1.165) is 56.3 Å². The molecule has 3 heteroatoms. The van der Waals surface area contributed by atoms with E-state index in [4.69, 9.17) is 0 Å². The van der Waals surface area contributed by atoms with Gasteiger partial charge in [0.05, 0.1) is 0 Å². The summed E-state index contributed by atoms with van der Waals surface area (Å²) in [5, 5.41) is 0. The second kappa shape index (κ2) is 16.5. The molecule has 0 aliphatic heterocycles. The molecule has 0 radical (unpaired) electrons. The van der Waals surface area contributed by atoms with Crippen LogP contribution in [0, 0.1) is 0 Å². The van der Waals surface area contributed by atoms with E-state index in [1.807, 2.05) is 36.5 Å². The summed E-state index contributed by atoms with van der Waals surface area (Å²) >= 11 is 0. The molecule has 228 valence electrons. The number of nitrogens with zero attached hydrogens (tertiary/aromatic N) is 3. The van der Waals surface area contributed by atoms with Gasteiger partial charge >= 0.3 is 0 Å². The van der Waals surface area contributed by atoms with Crippen molar-refractivity contribution in [1.29, 1.82) is 0 Å². The van der Waals surface area contributed by atoms with Crippen molar-refractivity contribution in [2.75, 3.05) is 54.0 Å². The molecular formula is C42H45N3. The summed E-state index contributed by atoms with van der Waals surface area (Å²) in [5.41, 5.74) is 10.4. The van der Waals surface area contributed by atoms with Crippen molar-refractivity contribution >= 4 is 17.1 Å². The van der Waals surface area contributed by atoms with Gasteiger partial charge in [0.1, 0.15) is 0 Å². The van der Waals surface area contributed by atoms with E-state index in [-0.39, 0.29) is 0 Å². The van der Waals surface area contributed by atoms with Crippen LogP contribution < -0.4 is 14.7 Å². The van der Waals surface area contributed by atoms with Crippen molar-refractivity contribution < 1.29 is 0 Å². The molecule has 0 aliphatic rings. The number of anilines is 3. The fraction of sp³-hybridized carbons (Fsp3) is 0.143. The molecule has 45 heavy (non-hydrogen) atoms. The average Bonchev–Trinajstić information content (AvgIpc) is 3.08. The normalized spacial score (nSPS) is 10.4. The van der Waals surface area contributed by atoms with Crippen LogP contribution in [-0.2, 0) is 0 Å². The lowest BCUT2D eigenvalue weighted by Gasteiger charge is -2.22. The minimum Gasteiger partial charge on any atom is -0.364 e. The van der Waals surface area contributed by atoms with E-state index in [1.165, 1.54) is 33.4 Å². The maximum absolute atomic E-state index is 3.92. The molecule has 0 aromatic heterocycles. The second-order valence-corrected chi connectivity index (χ2v) is 10.9. The van der Waals surface area contributed by atoms with Gasteiger partial charge in [0.25, 0.3) is 0 Å². The Morgan fingerprint density at radius 2 is 0.511 bits per heavy atom. The highest BCUT2D eigenvalue weighted by Crippen LogP contribution is 2.35. The third kappa shape index (κ3) is 8.43. The average molecular weight is 592 g/mol. The van der Waals surface area contributed by atoms with Crippen molar-refractivity contribution in [3.63, 3.8) is 0 Å². The molecule has 0 bridgehead atoms. The summed E-state index contributed by atoms with van der Waals surface area (Å²) in [7, 11) is 0. The Bertz CT molecular complexity index is 1360. The van der Waals surface area contributed by atoms with Gasteiger partial charge in [-0.25, -0.2) is 0 Å². The fourth-order valence-electron chi connectivity index (χ4n) is 5.51. The summed E-state index contributed by atoms with van der Waals surface area (Å²) in [6.07, 6.45) is 11.5. The minimum atomic E-state index is 0.769. The maximum atomic E-state index is 3.92.